The van der Waals surface area contributed by atoms with E-state index in [9.17, 15) is 27.6 Å². The third-order valence-corrected chi connectivity index (χ3v) is 7.71. The normalized spacial score (nSPS) is 21.6. The maximum absolute atomic E-state index is 13.5. The molecule has 1 N–H and O–H groups in total. The van der Waals surface area contributed by atoms with E-state index in [0.29, 0.717) is 12.1 Å². The molecule has 0 radical (unpaired) electrons. The Balaban J connectivity index is 1.27. The lowest BCUT2D eigenvalue weighted by Gasteiger charge is -2.51. The van der Waals surface area contributed by atoms with Crippen molar-refractivity contribution in [1.82, 2.24) is 19.6 Å². The number of hydrogen-bond acceptors (Lipinski definition) is 5. The summed E-state index contributed by atoms with van der Waals surface area (Å²) in [5.41, 5.74) is -1.54. The summed E-state index contributed by atoms with van der Waals surface area (Å²) in [5, 5.41) is 13.2. The summed E-state index contributed by atoms with van der Waals surface area (Å²) in [6.45, 7) is 0.613. The molecule has 3 heterocycles. The number of ether oxygens (including phenoxy) is 1. The van der Waals surface area contributed by atoms with Crippen LogP contribution in [-0.2, 0) is 20.9 Å². The van der Waals surface area contributed by atoms with Crippen LogP contribution in [0.2, 0.25) is 0 Å². The van der Waals surface area contributed by atoms with Crippen LogP contribution in [0, 0.1) is 16.7 Å². The van der Waals surface area contributed by atoms with Crippen molar-refractivity contribution >= 4 is 17.8 Å². The standard InChI is InChI=1S/C25H27F3N4O5/c26-25(27,28)24(6-7-24)22(36)31-15-23(16-31)14-30(11-19(23)12-37-13-20(33)34)21(35)18-8-29-32(10-18)9-17-4-2-1-3-5-17/h1-5,8,10,19H,6-7,9,11-16H2,(H,33,34). The number of aromatic nitrogens is 2. The third-order valence-electron chi connectivity index (χ3n) is 7.71. The van der Waals surface area contributed by atoms with Crippen molar-refractivity contribution in [2.45, 2.75) is 25.6 Å². The number of carbonyl (C=O) groups is 3. The van der Waals surface area contributed by atoms with E-state index >= 15 is 0 Å². The van der Waals surface area contributed by atoms with E-state index in [-0.39, 0.29) is 57.5 Å². The molecule has 1 spiro atoms. The number of carboxylic acids is 1. The van der Waals surface area contributed by atoms with Crippen LogP contribution < -0.4 is 0 Å². The highest BCUT2D eigenvalue weighted by atomic mass is 19.4. The number of alkyl halides is 3. The molecule has 2 aliphatic heterocycles. The Morgan fingerprint density at radius 2 is 1.76 bits per heavy atom. The van der Waals surface area contributed by atoms with E-state index < -0.39 is 35.5 Å². The third kappa shape index (κ3) is 4.70. The van der Waals surface area contributed by atoms with Crippen LogP contribution in [0.1, 0.15) is 28.8 Å². The van der Waals surface area contributed by atoms with Gasteiger partial charge < -0.3 is 19.6 Å². The molecule has 9 nitrogen and oxygen atoms in total. The van der Waals surface area contributed by atoms with Crippen molar-refractivity contribution in [3.8, 4) is 0 Å². The minimum absolute atomic E-state index is 0.0236. The minimum Gasteiger partial charge on any atom is -0.480 e. The fourth-order valence-corrected chi connectivity index (χ4v) is 5.48. The first-order valence-electron chi connectivity index (χ1n) is 12.0. The Bertz CT molecular complexity index is 1190. The van der Waals surface area contributed by atoms with Crippen LogP contribution in [0.3, 0.4) is 0 Å². The van der Waals surface area contributed by atoms with Crippen LogP contribution in [-0.4, -0.2) is 88.0 Å². The number of carbonyl (C=O) groups excluding carboxylic acids is 2. The zero-order chi connectivity index (χ0) is 26.4. The van der Waals surface area contributed by atoms with Gasteiger partial charge in [0.25, 0.3) is 5.91 Å². The second-order valence-corrected chi connectivity index (χ2v) is 10.3. The van der Waals surface area contributed by atoms with Gasteiger partial charge in [0.15, 0.2) is 0 Å². The van der Waals surface area contributed by atoms with E-state index in [4.69, 9.17) is 9.84 Å². The Labute approximate surface area is 210 Å². The first-order valence-corrected chi connectivity index (χ1v) is 12.0. The number of hydrogen-bond donors (Lipinski definition) is 1. The molecule has 1 atom stereocenters. The van der Waals surface area contributed by atoms with Gasteiger partial charge in [-0.25, -0.2) is 4.79 Å². The van der Waals surface area contributed by atoms with Crippen molar-refractivity contribution in [3.05, 3.63) is 53.9 Å². The molecule has 1 saturated carbocycles. The first kappa shape index (κ1) is 25.2. The topological polar surface area (TPSA) is 105 Å². The molecule has 5 rings (SSSR count). The summed E-state index contributed by atoms with van der Waals surface area (Å²) in [5.74, 6) is -2.65. The van der Waals surface area contributed by atoms with Gasteiger partial charge in [0, 0.05) is 43.7 Å². The van der Waals surface area contributed by atoms with Crippen molar-refractivity contribution in [2.24, 2.45) is 16.7 Å². The number of amides is 2. The number of carboxylic acid groups (broad SMARTS) is 1. The molecule has 2 aromatic rings. The van der Waals surface area contributed by atoms with Gasteiger partial charge in [-0.15, -0.1) is 0 Å². The second-order valence-electron chi connectivity index (χ2n) is 10.3. The molecule has 1 unspecified atom stereocenters. The molecule has 1 aliphatic carbocycles. The maximum atomic E-state index is 13.5. The average molecular weight is 521 g/mol. The lowest BCUT2D eigenvalue weighted by molar-refractivity contribution is -0.205. The summed E-state index contributed by atoms with van der Waals surface area (Å²) < 4.78 is 47.4. The quantitative estimate of drug-likeness (QED) is 0.573. The number of rotatable bonds is 8. The summed E-state index contributed by atoms with van der Waals surface area (Å²) in [6, 6.07) is 9.62. The molecule has 37 heavy (non-hydrogen) atoms. The van der Waals surface area contributed by atoms with Crippen molar-refractivity contribution < 1.29 is 37.4 Å². The molecule has 3 aliphatic rings. The molecular formula is C25H27F3N4O5. The van der Waals surface area contributed by atoms with E-state index in [1.54, 1.807) is 15.8 Å². The van der Waals surface area contributed by atoms with Crippen LogP contribution >= 0.6 is 0 Å². The van der Waals surface area contributed by atoms with E-state index in [1.807, 2.05) is 30.3 Å². The van der Waals surface area contributed by atoms with Crippen molar-refractivity contribution in [1.29, 1.82) is 0 Å². The molecular weight excluding hydrogens is 493 g/mol. The monoisotopic (exact) mass is 520 g/mol. The highest BCUT2D eigenvalue weighted by molar-refractivity contribution is 5.94. The highest BCUT2D eigenvalue weighted by Gasteiger charge is 2.71. The van der Waals surface area contributed by atoms with Crippen LogP contribution in [0.15, 0.2) is 42.7 Å². The van der Waals surface area contributed by atoms with Gasteiger partial charge in [-0.2, -0.15) is 18.3 Å². The van der Waals surface area contributed by atoms with Gasteiger partial charge in [-0.1, -0.05) is 30.3 Å². The maximum Gasteiger partial charge on any atom is 0.403 e. The summed E-state index contributed by atoms with van der Waals surface area (Å²) in [6.07, 6.45) is -1.88. The first-order chi connectivity index (χ1) is 17.5. The predicted molar refractivity (Wildman–Crippen MR) is 122 cm³/mol. The molecule has 2 amide bonds. The van der Waals surface area contributed by atoms with Gasteiger partial charge in [-0.3, -0.25) is 14.3 Å². The van der Waals surface area contributed by atoms with Crippen LogP contribution in [0.4, 0.5) is 13.2 Å². The Morgan fingerprint density at radius 3 is 2.38 bits per heavy atom. The highest BCUT2D eigenvalue weighted by Crippen LogP contribution is 2.60. The Kier molecular flexibility index (Phi) is 6.25. The fourth-order valence-electron chi connectivity index (χ4n) is 5.48. The molecule has 0 bridgehead atoms. The van der Waals surface area contributed by atoms with Gasteiger partial charge in [0.05, 0.1) is 24.9 Å². The zero-order valence-corrected chi connectivity index (χ0v) is 20.0. The summed E-state index contributed by atoms with van der Waals surface area (Å²) >= 11 is 0. The molecule has 3 fully saturated rings. The second kappa shape index (κ2) is 9.16. The summed E-state index contributed by atoms with van der Waals surface area (Å²) in [7, 11) is 0. The number of halogens is 3. The zero-order valence-electron chi connectivity index (χ0n) is 20.0. The number of aliphatic carboxylic acids is 1. The Hall–Kier alpha value is -3.41. The summed E-state index contributed by atoms with van der Waals surface area (Å²) in [4.78, 5) is 39.7. The van der Waals surface area contributed by atoms with Crippen LogP contribution in [0.25, 0.3) is 0 Å². The van der Waals surface area contributed by atoms with Crippen molar-refractivity contribution in [2.75, 3.05) is 39.4 Å². The van der Waals surface area contributed by atoms with Gasteiger partial charge >= 0.3 is 12.1 Å². The molecule has 2 saturated heterocycles. The van der Waals surface area contributed by atoms with Gasteiger partial charge in [0.1, 0.15) is 12.0 Å². The molecule has 1 aromatic heterocycles. The van der Waals surface area contributed by atoms with Crippen molar-refractivity contribution in [3.63, 3.8) is 0 Å². The smallest absolute Gasteiger partial charge is 0.403 e. The average Bonchev–Trinajstić information content (AvgIpc) is 3.39. The largest absolute Gasteiger partial charge is 0.480 e. The SMILES string of the molecule is O=C(O)COCC1CN(C(=O)c2cnn(Cc3ccccc3)c2)CC12CN(C(=O)C1(C(F)(F)F)CC1)C2. The number of benzene rings is 1. The number of nitrogens with zero attached hydrogens (tertiary/aromatic N) is 4. The fraction of sp³-hybridized carbons (Fsp3) is 0.520. The van der Waals surface area contributed by atoms with E-state index in [2.05, 4.69) is 5.10 Å². The lowest BCUT2D eigenvalue weighted by atomic mass is 9.71. The van der Waals surface area contributed by atoms with Gasteiger partial charge in [0.2, 0.25) is 5.91 Å². The van der Waals surface area contributed by atoms with Crippen LogP contribution in [0.5, 0.6) is 0 Å². The number of likely N-dealkylation sites (tertiary alicyclic amines) is 2. The van der Waals surface area contributed by atoms with Gasteiger partial charge in [-0.05, 0) is 18.4 Å². The van der Waals surface area contributed by atoms with E-state index in [0.717, 1.165) is 5.56 Å². The van der Waals surface area contributed by atoms with E-state index in [1.165, 1.54) is 11.1 Å². The minimum atomic E-state index is -4.59. The lowest BCUT2D eigenvalue weighted by Crippen LogP contribution is -2.65. The Morgan fingerprint density at radius 1 is 1.08 bits per heavy atom. The molecule has 1 aromatic carbocycles. The molecule has 198 valence electrons. The predicted octanol–water partition coefficient (Wildman–Crippen LogP) is 2.28. The molecule has 12 heteroatoms.